The zero-order valence-corrected chi connectivity index (χ0v) is 16.1. The number of carbonyl (C=O) groups is 2. The Hall–Kier alpha value is -3.38. The van der Waals surface area contributed by atoms with E-state index < -0.39 is 21.8 Å². The first-order valence-electron chi connectivity index (χ1n) is 8.31. The lowest BCUT2D eigenvalue weighted by atomic mass is 10.1. The van der Waals surface area contributed by atoms with E-state index in [9.17, 15) is 18.0 Å². The van der Waals surface area contributed by atoms with E-state index in [0.29, 0.717) is 22.4 Å². The van der Waals surface area contributed by atoms with Crippen LogP contribution in [0.1, 0.15) is 27.6 Å². The minimum atomic E-state index is -4.08. The summed E-state index contributed by atoms with van der Waals surface area (Å²) in [7, 11) is -2.59. The van der Waals surface area contributed by atoms with Gasteiger partial charge in [-0.2, -0.15) is 0 Å². The number of methoxy groups -OCH3 is 1. The molecule has 0 radical (unpaired) electrons. The summed E-state index contributed by atoms with van der Waals surface area (Å²) in [6.45, 7) is 1.75. The molecule has 9 heteroatoms. The van der Waals surface area contributed by atoms with Gasteiger partial charge in [-0.25, -0.2) is 17.7 Å². The molecule has 2 heterocycles. The molecule has 144 valence electrons. The molecule has 0 aliphatic carbocycles. The lowest BCUT2D eigenvalue weighted by Crippen LogP contribution is -2.31. The number of rotatable bonds is 5. The second-order valence-electron chi connectivity index (χ2n) is 5.84. The summed E-state index contributed by atoms with van der Waals surface area (Å²) in [6, 6.07) is 7.26. The number of anilines is 1. The van der Waals surface area contributed by atoms with Gasteiger partial charge in [-0.3, -0.25) is 9.59 Å². The molecule has 2 aromatic rings. The first-order chi connectivity index (χ1) is 13.3. The number of pyridine rings is 1. The van der Waals surface area contributed by atoms with E-state index in [2.05, 4.69) is 10.9 Å². The molecular weight excluding hydrogens is 382 g/mol. The summed E-state index contributed by atoms with van der Waals surface area (Å²) in [4.78, 5) is 30.6. The fourth-order valence-electron chi connectivity index (χ4n) is 2.90. The standard InChI is InChI=1S/C19H17N3O5S/c1-4-10-22-19(24)15-8-6-13(11-16(15)28(22,25)26)18(23)21(5-2)14-7-9-17(27-3)20-12-14/h1,6-9,11-12H,5,10H2,2-3H3. The van der Waals surface area contributed by atoms with Crippen LogP contribution < -0.4 is 9.64 Å². The van der Waals surface area contributed by atoms with Crippen LogP contribution in [0.4, 0.5) is 5.69 Å². The lowest BCUT2D eigenvalue weighted by Gasteiger charge is -2.21. The van der Waals surface area contributed by atoms with Gasteiger partial charge in [-0.05, 0) is 31.2 Å². The SMILES string of the molecule is C#CCN1C(=O)c2ccc(C(=O)N(CC)c3ccc(OC)nc3)cc2S1(=O)=O. The van der Waals surface area contributed by atoms with Gasteiger partial charge in [-0.15, -0.1) is 6.42 Å². The fraction of sp³-hybridized carbons (Fsp3) is 0.211. The molecule has 0 bridgehead atoms. The van der Waals surface area contributed by atoms with Crippen LogP contribution >= 0.6 is 0 Å². The number of fused-ring (bicyclic) bond motifs is 1. The predicted octanol–water partition coefficient (Wildman–Crippen LogP) is 1.53. The minimum absolute atomic E-state index is 0.000891. The van der Waals surface area contributed by atoms with Crippen LogP contribution in [0, 0.1) is 12.3 Å². The second-order valence-corrected chi connectivity index (χ2v) is 7.67. The van der Waals surface area contributed by atoms with E-state index in [0.717, 1.165) is 0 Å². The maximum Gasteiger partial charge on any atom is 0.269 e. The largest absolute Gasteiger partial charge is 0.481 e. The van der Waals surface area contributed by atoms with Gasteiger partial charge in [0.1, 0.15) is 4.90 Å². The molecule has 3 rings (SSSR count). The maximum atomic E-state index is 13.0. The Labute approximate surface area is 162 Å². The van der Waals surface area contributed by atoms with Gasteiger partial charge in [0.15, 0.2) is 0 Å². The molecule has 0 atom stereocenters. The zero-order chi connectivity index (χ0) is 20.5. The van der Waals surface area contributed by atoms with Gasteiger partial charge in [0.05, 0.1) is 31.1 Å². The molecule has 0 fully saturated rings. The lowest BCUT2D eigenvalue weighted by molar-refractivity contribution is 0.0881. The Morgan fingerprint density at radius 3 is 2.64 bits per heavy atom. The summed E-state index contributed by atoms with van der Waals surface area (Å²) in [5.74, 6) is 1.45. The van der Waals surface area contributed by atoms with Gasteiger partial charge in [0.2, 0.25) is 5.88 Å². The molecule has 28 heavy (non-hydrogen) atoms. The highest BCUT2D eigenvalue weighted by atomic mass is 32.2. The fourth-order valence-corrected chi connectivity index (χ4v) is 4.41. The Morgan fingerprint density at radius 2 is 2.07 bits per heavy atom. The number of ether oxygens (including phenoxy) is 1. The van der Waals surface area contributed by atoms with Crippen LogP contribution in [0.15, 0.2) is 41.4 Å². The third kappa shape index (κ3) is 3.08. The van der Waals surface area contributed by atoms with Crippen molar-refractivity contribution in [1.82, 2.24) is 9.29 Å². The molecule has 2 amide bonds. The summed E-state index contributed by atoms with van der Waals surface area (Å²) >= 11 is 0. The van der Waals surface area contributed by atoms with Crippen molar-refractivity contribution in [3.8, 4) is 18.2 Å². The number of aromatic nitrogens is 1. The number of benzene rings is 1. The molecule has 0 saturated heterocycles. The number of amides is 2. The van der Waals surface area contributed by atoms with Gasteiger partial charge >= 0.3 is 0 Å². The molecule has 1 aliphatic rings. The normalized spacial score (nSPS) is 14.3. The summed E-state index contributed by atoms with van der Waals surface area (Å²) in [5.41, 5.74) is 0.665. The van der Waals surface area contributed by atoms with Crippen LogP contribution in [0.5, 0.6) is 5.88 Å². The highest BCUT2D eigenvalue weighted by Crippen LogP contribution is 2.31. The Balaban J connectivity index is 1.99. The van der Waals surface area contributed by atoms with Crippen LogP contribution in [-0.4, -0.2) is 49.7 Å². The number of nitrogens with zero attached hydrogens (tertiary/aromatic N) is 3. The molecule has 0 unspecified atom stereocenters. The average molecular weight is 399 g/mol. The third-order valence-corrected chi connectivity index (χ3v) is 6.06. The van der Waals surface area contributed by atoms with Crippen LogP contribution in [0.2, 0.25) is 0 Å². The number of terminal acetylenes is 1. The van der Waals surface area contributed by atoms with Gasteiger partial charge < -0.3 is 9.64 Å². The van der Waals surface area contributed by atoms with Crippen molar-refractivity contribution in [2.45, 2.75) is 11.8 Å². The Kier molecular flexibility index (Phi) is 5.07. The van der Waals surface area contributed by atoms with E-state index in [4.69, 9.17) is 11.2 Å². The zero-order valence-electron chi connectivity index (χ0n) is 15.2. The first kappa shape index (κ1) is 19.4. The molecule has 1 aromatic carbocycles. The monoisotopic (exact) mass is 399 g/mol. The summed E-state index contributed by atoms with van der Waals surface area (Å²) in [5, 5.41) is 0. The van der Waals surface area contributed by atoms with Gasteiger partial charge in [0, 0.05) is 18.2 Å². The number of carbonyl (C=O) groups excluding carboxylic acids is 2. The van der Waals surface area contributed by atoms with Crippen molar-refractivity contribution < 1.29 is 22.7 Å². The minimum Gasteiger partial charge on any atom is -0.481 e. The topological polar surface area (TPSA) is 96.9 Å². The van der Waals surface area contributed by atoms with Crippen molar-refractivity contribution in [3.63, 3.8) is 0 Å². The molecule has 1 aromatic heterocycles. The van der Waals surface area contributed by atoms with Gasteiger partial charge in [0.25, 0.3) is 21.8 Å². The van der Waals surface area contributed by atoms with Crippen LogP contribution in [0.3, 0.4) is 0 Å². The van der Waals surface area contributed by atoms with Crippen molar-refractivity contribution in [2.24, 2.45) is 0 Å². The number of sulfonamides is 1. The van der Waals surface area contributed by atoms with Crippen molar-refractivity contribution in [1.29, 1.82) is 0 Å². The van der Waals surface area contributed by atoms with Crippen molar-refractivity contribution in [2.75, 3.05) is 25.1 Å². The third-order valence-electron chi connectivity index (χ3n) is 4.29. The first-order valence-corrected chi connectivity index (χ1v) is 9.75. The summed E-state index contributed by atoms with van der Waals surface area (Å²) < 4.78 is 30.8. The van der Waals surface area contributed by atoms with E-state index in [1.165, 1.54) is 36.4 Å². The van der Waals surface area contributed by atoms with E-state index >= 15 is 0 Å². The summed E-state index contributed by atoms with van der Waals surface area (Å²) in [6.07, 6.45) is 6.65. The predicted molar refractivity (Wildman–Crippen MR) is 102 cm³/mol. The molecule has 1 aliphatic heterocycles. The second kappa shape index (κ2) is 7.32. The van der Waals surface area contributed by atoms with Crippen molar-refractivity contribution in [3.05, 3.63) is 47.7 Å². The highest BCUT2D eigenvalue weighted by molar-refractivity contribution is 7.90. The van der Waals surface area contributed by atoms with Gasteiger partial charge in [-0.1, -0.05) is 5.92 Å². The molecule has 0 saturated carbocycles. The molecule has 0 N–H and O–H groups in total. The number of hydrogen-bond donors (Lipinski definition) is 0. The smallest absolute Gasteiger partial charge is 0.269 e. The van der Waals surface area contributed by atoms with E-state index in [-0.39, 0.29) is 22.6 Å². The Bertz CT molecular complexity index is 1090. The van der Waals surface area contributed by atoms with Crippen LogP contribution in [-0.2, 0) is 10.0 Å². The van der Waals surface area contributed by atoms with E-state index in [1.54, 1.807) is 19.1 Å². The molecular formula is C19H17N3O5S. The van der Waals surface area contributed by atoms with E-state index in [1.807, 2.05) is 0 Å². The molecule has 8 nitrogen and oxygen atoms in total. The van der Waals surface area contributed by atoms with Crippen LogP contribution in [0.25, 0.3) is 0 Å². The quantitative estimate of drug-likeness (QED) is 0.708. The average Bonchev–Trinajstić information content (AvgIpc) is 2.89. The Morgan fingerprint density at radius 1 is 1.32 bits per heavy atom. The highest BCUT2D eigenvalue weighted by Gasteiger charge is 2.41. The van der Waals surface area contributed by atoms with Crippen molar-refractivity contribution >= 4 is 27.5 Å². The maximum absolute atomic E-state index is 13.0. The number of hydrogen-bond acceptors (Lipinski definition) is 6. The molecule has 0 spiro atoms.